The molecule has 2 aromatic carbocycles. The Bertz CT molecular complexity index is 1050. The average molecular weight is 363 g/mol. The fourth-order valence-electron chi connectivity index (χ4n) is 2.67. The molecular formula is C19H17N5O3. The van der Waals surface area contributed by atoms with Gasteiger partial charge < -0.3 is 4.57 Å². The lowest BCUT2D eigenvalue weighted by molar-refractivity contribution is -0.385. The summed E-state index contributed by atoms with van der Waals surface area (Å²) >= 11 is 0. The van der Waals surface area contributed by atoms with E-state index in [1.807, 2.05) is 35.8 Å². The van der Waals surface area contributed by atoms with Crippen molar-refractivity contribution in [3.8, 4) is 0 Å². The lowest BCUT2D eigenvalue weighted by Crippen LogP contribution is -2.23. The molecule has 0 saturated heterocycles. The zero-order valence-corrected chi connectivity index (χ0v) is 14.6. The molecule has 0 saturated carbocycles. The van der Waals surface area contributed by atoms with E-state index in [2.05, 4.69) is 15.5 Å². The maximum atomic E-state index is 12.1. The lowest BCUT2D eigenvalue weighted by Gasteiger charge is -2.05. The average Bonchev–Trinajstić information content (AvgIpc) is 2.97. The molecule has 0 spiro atoms. The van der Waals surface area contributed by atoms with Gasteiger partial charge in [0, 0.05) is 12.3 Å². The number of carbonyl (C=O) groups excluding carboxylic acids is 1. The molecule has 0 fully saturated rings. The van der Waals surface area contributed by atoms with Crippen LogP contribution in [0.2, 0.25) is 0 Å². The molecule has 0 radical (unpaired) electrons. The molecule has 1 heterocycles. The zero-order valence-electron chi connectivity index (χ0n) is 14.6. The Labute approximate surface area is 155 Å². The van der Waals surface area contributed by atoms with Gasteiger partial charge in [-0.25, -0.2) is 10.4 Å². The van der Waals surface area contributed by atoms with Crippen LogP contribution in [0.5, 0.6) is 0 Å². The van der Waals surface area contributed by atoms with Gasteiger partial charge in [-0.3, -0.25) is 14.9 Å². The number of aryl methyl sites for hydroxylation is 1. The monoisotopic (exact) mass is 363 g/mol. The smallest absolute Gasteiger partial charge is 0.276 e. The summed E-state index contributed by atoms with van der Waals surface area (Å²) in [5, 5.41) is 14.8. The van der Waals surface area contributed by atoms with Crippen molar-refractivity contribution >= 4 is 34.9 Å². The van der Waals surface area contributed by atoms with Gasteiger partial charge in [-0.2, -0.15) is 5.10 Å². The second-order valence-corrected chi connectivity index (χ2v) is 5.72. The SMILES string of the molecule is Cc1nc2ccccc2n1CC(=O)N/N=C/C=C/c1ccccc1[N+](=O)[O-]. The molecule has 0 bridgehead atoms. The Hall–Kier alpha value is -3.81. The largest absolute Gasteiger partial charge is 0.319 e. The molecule has 1 amide bonds. The van der Waals surface area contributed by atoms with Crippen molar-refractivity contribution in [3.63, 3.8) is 0 Å². The van der Waals surface area contributed by atoms with Crippen LogP contribution in [0, 0.1) is 17.0 Å². The summed E-state index contributed by atoms with van der Waals surface area (Å²) in [7, 11) is 0. The summed E-state index contributed by atoms with van der Waals surface area (Å²) < 4.78 is 1.81. The predicted octanol–water partition coefficient (Wildman–Crippen LogP) is 3.07. The maximum absolute atomic E-state index is 12.1. The van der Waals surface area contributed by atoms with E-state index in [0.29, 0.717) is 5.56 Å². The van der Waals surface area contributed by atoms with Crippen LogP contribution in [-0.2, 0) is 11.3 Å². The molecule has 0 aliphatic heterocycles. The van der Waals surface area contributed by atoms with Gasteiger partial charge in [0.25, 0.3) is 11.6 Å². The number of amides is 1. The minimum atomic E-state index is -0.448. The molecule has 8 nitrogen and oxygen atoms in total. The summed E-state index contributed by atoms with van der Waals surface area (Å²) in [5.41, 5.74) is 4.61. The number of para-hydroxylation sites is 3. The standard InChI is InChI=1S/C19H17N5O3/c1-14-21-16-9-3-5-11-18(16)23(14)13-19(25)22-20-12-6-8-15-7-2-4-10-17(15)24(26)27/h2-12H,13H2,1H3,(H,22,25)/b8-6+,20-12+. The highest BCUT2D eigenvalue weighted by molar-refractivity contribution is 5.83. The van der Waals surface area contributed by atoms with Crippen molar-refractivity contribution in [2.45, 2.75) is 13.5 Å². The minimum Gasteiger partial charge on any atom is -0.319 e. The number of hydrogen-bond donors (Lipinski definition) is 1. The van der Waals surface area contributed by atoms with Crippen LogP contribution in [-0.4, -0.2) is 26.6 Å². The molecule has 136 valence electrons. The van der Waals surface area contributed by atoms with E-state index < -0.39 is 4.92 Å². The summed E-state index contributed by atoms with van der Waals surface area (Å²) in [6.07, 6.45) is 4.45. The van der Waals surface area contributed by atoms with Crippen LogP contribution in [0.15, 0.2) is 59.7 Å². The van der Waals surface area contributed by atoms with Gasteiger partial charge in [0.1, 0.15) is 12.4 Å². The molecular weight excluding hydrogens is 346 g/mol. The molecule has 1 N–H and O–H groups in total. The van der Waals surface area contributed by atoms with Crippen LogP contribution < -0.4 is 5.43 Å². The van der Waals surface area contributed by atoms with Crippen molar-refractivity contribution in [3.05, 3.63) is 76.1 Å². The highest BCUT2D eigenvalue weighted by Gasteiger charge is 2.10. The van der Waals surface area contributed by atoms with Crippen LogP contribution in [0.3, 0.4) is 0 Å². The molecule has 0 atom stereocenters. The van der Waals surface area contributed by atoms with E-state index in [-0.39, 0.29) is 18.1 Å². The number of hydrazone groups is 1. The number of nitrogens with zero attached hydrogens (tertiary/aromatic N) is 4. The fourth-order valence-corrected chi connectivity index (χ4v) is 2.67. The maximum Gasteiger partial charge on any atom is 0.276 e. The molecule has 1 aromatic heterocycles. The summed E-state index contributed by atoms with van der Waals surface area (Å²) in [6, 6.07) is 14.0. The van der Waals surface area contributed by atoms with Gasteiger partial charge >= 0.3 is 0 Å². The quantitative estimate of drug-likeness (QED) is 0.413. The fraction of sp³-hybridized carbons (Fsp3) is 0.105. The Kier molecular flexibility index (Phi) is 5.36. The van der Waals surface area contributed by atoms with Crippen molar-refractivity contribution in [2.24, 2.45) is 5.10 Å². The predicted molar refractivity (Wildman–Crippen MR) is 103 cm³/mol. The molecule has 0 aliphatic rings. The third kappa shape index (κ3) is 4.24. The highest BCUT2D eigenvalue weighted by atomic mass is 16.6. The van der Waals surface area contributed by atoms with Gasteiger partial charge in [-0.1, -0.05) is 24.3 Å². The van der Waals surface area contributed by atoms with Gasteiger partial charge in [0.15, 0.2) is 0 Å². The van der Waals surface area contributed by atoms with Crippen LogP contribution in [0.25, 0.3) is 17.1 Å². The van der Waals surface area contributed by atoms with Crippen molar-refractivity contribution in [2.75, 3.05) is 0 Å². The van der Waals surface area contributed by atoms with Crippen LogP contribution >= 0.6 is 0 Å². The molecule has 0 aliphatic carbocycles. The van der Waals surface area contributed by atoms with Gasteiger partial charge in [-0.05, 0) is 37.3 Å². The highest BCUT2D eigenvalue weighted by Crippen LogP contribution is 2.18. The Balaban J connectivity index is 1.61. The number of nitro groups is 1. The molecule has 8 heteroatoms. The first kappa shape index (κ1) is 18.0. The Morgan fingerprint density at radius 1 is 1.26 bits per heavy atom. The van der Waals surface area contributed by atoms with Crippen LogP contribution in [0.1, 0.15) is 11.4 Å². The van der Waals surface area contributed by atoms with E-state index in [9.17, 15) is 14.9 Å². The molecule has 0 unspecified atom stereocenters. The number of nitrogens with one attached hydrogen (secondary N) is 1. The first-order valence-corrected chi connectivity index (χ1v) is 8.20. The first-order chi connectivity index (χ1) is 13.1. The Morgan fingerprint density at radius 2 is 2.00 bits per heavy atom. The molecule has 3 aromatic rings. The number of allylic oxidation sites excluding steroid dienone is 1. The van der Waals surface area contributed by atoms with Gasteiger partial charge in [0.2, 0.25) is 0 Å². The second-order valence-electron chi connectivity index (χ2n) is 5.72. The number of carbonyl (C=O) groups is 1. The van der Waals surface area contributed by atoms with E-state index in [1.165, 1.54) is 18.4 Å². The van der Waals surface area contributed by atoms with E-state index in [4.69, 9.17) is 0 Å². The van der Waals surface area contributed by atoms with Crippen LogP contribution in [0.4, 0.5) is 5.69 Å². The second kappa shape index (κ2) is 8.05. The van der Waals surface area contributed by atoms with E-state index >= 15 is 0 Å². The number of benzene rings is 2. The molecule has 3 rings (SSSR count). The third-order valence-corrected chi connectivity index (χ3v) is 3.91. The lowest BCUT2D eigenvalue weighted by atomic mass is 10.2. The Morgan fingerprint density at radius 3 is 2.81 bits per heavy atom. The summed E-state index contributed by atoms with van der Waals surface area (Å²) in [5.74, 6) is 0.447. The normalized spacial score (nSPS) is 11.4. The summed E-state index contributed by atoms with van der Waals surface area (Å²) in [6.45, 7) is 1.93. The molecule has 27 heavy (non-hydrogen) atoms. The van der Waals surface area contributed by atoms with Gasteiger partial charge in [-0.15, -0.1) is 0 Å². The number of imidazole rings is 1. The first-order valence-electron chi connectivity index (χ1n) is 8.20. The number of aromatic nitrogens is 2. The van der Waals surface area contributed by atoms with E-state index in [0.717, 1.165) is 16.9 Å². The topological polar surface area (TPSA) is 102 Å². The number of nitro benzene ring substituents is 1. The third-order valence-electron chi connectivity index (χ3n) is 3.91. The minimum absolute atomic E-state index is 0.00801. The van der Waals surface area contributed by atoms with Crippen molar-refractivity contribution < 1.29 is 9.72 Å². The van der Waals surface area contributed by atoms with Gasteiger partial charge in [0.05, 0.1) is 21.5 Å². The zero-order chi connectivity index (χ0) is 19.2. The van der Waals surface area contributed by atoms with E-state index in [1.54, 1.807) is 24.3 Å². The number of hydrogen-bond acceptors (Lipinski definition) is 5. The number of rotatable bonds is 6. The summed E-state index contributed by atoms with van der Waals surface area (Å²) in [4.78, 5) is 27.0. The van der Waals surface area contributed by atoms with Crippen molar-refractivity contribution in [1.29, 1.82) is 0 Å². The van der Waals surface area contributed by atoms with Crippen molar-refractivity contribution in [1.82, 2.24) is 15.0 Å². The number of fused-ring (bicyclic) bond motifs is 1.